The Morgan fingerprint density at radius 1 is 1.22 bits per heavy atom. The summed E-state index contributed by atoms with van der Waals surface area (Å²) in [5.41, 5.74) is 1.79. The number of carbonyl (C=O) groups is 1. The Kier molecular flexibility index (Phi) is 9.12. The highest BCUT2D eigenvalue weighted by Gasteiger charge is 2.25. The van der Waals surface area contributed by atoms with Gasteiger partial charge in [0.1, 0.15) is 5.01 Å². The third-order valence-electron chi connectivity index (χ3n) is 4.40. The number of rotatable bonds is 11. The molecule has 0 fully saturated rings. The average Bonchev–Trinajstić information content (AvgIpc) is 3.14. The zero-order valence-electron chi connectivity index (χ0n) is 15.9. The standard InChI is InChI=1S/C21H26BrN3OS/c1-3-5-11-25(12-6-4-2)14-20(26)18(13-23)21-24-19(15-27-21)16-7-9-17(22)10-8-16/h7-10,15,18H,3-6,11-12,14H2,1-2H3/t18-/m0/s1. The van der Waals surface area contributed by atoms with Gasteiger partial charge in [0, 0.05) is 15.4 Å². The minimum absolute atomic E-state index is 0.0542. The van der Waals surface area contributed by atoms with Crippen LogP contribution in [0, 0.1) is 11.3 Å². The molecule has 0 spiro atoms. The minimum Gasteiger partial charge on any atom is -0.296 e. The summed E-state index contributed by atoms with van der Waals surface area (Å²) in [6.45, 7) is 6.43. The van der Waals surface area contributed by atoms with E-state index in [1.165, 1.54) is 11.3 Å². The lowest BCUT2D eigenvalue weighted by Gasteiger charge is -2.21. The molecule has 4 nitrogen and oxygen atoms in total. The van der Waals surface area contributed by atoms with E-state index >= 15 is 0 Å². The number of benzene rings is 1. The van der Waals surface area contributed by atoms with Gasteiger partial charge in [0.15, 0.2) is 11.7 Å². The molecule has 0 aliphatic heterocycles. The van der Waals surface area contributed by atoms with Crippen LogP contribution < -0.4 is 0 Å². The number of nitrogens with zero attached hydrogens (tertiary/aromatic N) is 3. The van der Waals surface area contributed by atoms with Crippen LogP contribution in [-0.2, 0) is 4.79 Å². The Labute approximate surface area is 174 Å². The molecule has 144 valence electrons. The smallest absolute Gasteiger partial charge is 0.170 e. The zero-order chi connectivity index (χ0) is 19.6. The first-order valence-electron chi connectivity index (χ1n) is 9.45. The number of ketones is 1. The van der Waals surface area contributed by atoms with Crippen LogP contribution in [0.2, 0.25) is 0 Å². The maximum Gasteiger partial charge on any atom is 0.170 e. The summed E-state index contributed by atoms with van der Waals surface area (Å²) in [5.74, 6) is -0.841. The molecule has 0 saturated heterocycles. The van der Waals surface area contributed by atoms with Crippen LogP contribution in [0.25, 0.3) is 11.3 Å². The predicted molar refractivity (Wildman–Crippen MR) is 115 cm³/mol. The quantitative estimate of drug-likeness (QED) is 0.446. The molecule has 0 radical (unpaired) electrons. The van der Waals surface area contributed by atoms with E-state index in [9.17, 15) is 10.1 Å². The second kappa shape index (κ2) is 11.3. The molecule has 1 aromatic carbocycles. The van der Waals surface area contributed by atoms with Crippen molar-refractivity contribution in [2.24, 2.45) is 0 Å². The highest BCUT2D eigenvalue weighted by atomic mass is 79.9. The fourth-order valence-electron chi connectivity index (χ4n) is 2.78. The molecule has 27 heavy (non-hydrogen) atoms. The van der Waals surface area contributed by atoms with Crippen molar-refractivity contribution in [3.05, 3.63) is 39.1 Å². The fraction of sp³-hybridized carbons (Fsp3) is 0.476. The third-order valence-corrected chi connectivity index (χ3v) is 5.83. The number of thiazole rings is 1. The van der Waals surface area contributed by atoms with E-state index in [2.05, 4.69) is 45.7 Å². The lowest BCUT2D eigenvalue weighted by molar-refractivity contribution is -0.120. The van der Waals surface area contributed by atoms with Crippen LogP contribution in [0.15, 0.2) is 34.1 Å². The summed E-state index contributed by atoms with van der Waals surface area (Å²) in [5, 5.41) is 12.1. The van der Waals surface area contributed by atoms with E-state index < -0.39 is 5.92 Å². The van der Waals surface area contributed by atoms with E-state index in [0.29, 0.717) is 11.6 Å². The monoisotopic (exact) mass is 447 g/mol. The van der Waals surface area contributed by atoms with E-state index in [1.54, 1.807) is 0 Å². The van der Waals surface area contributed by atoms with E-state index in [-0.39, 0.29) is 5.78 Å². The fourth-order valence-corrected chi connectivity index (χ4v) is 3.94. The Morgan fingerprint density at radius 3 is 2.41 bits per heavy atom. The molecular weight excluding hydrogens is 422 g/mol. The van der Waals surface area contributed by atoms with Gasteiger partial charge >= 0.3 is 0 Å². The van der Waals surface area contributed by atoms with Crippen LogP contribution in [0.4, 0.5) is 0 Å². The maximum atomic E-state index is 12.8. The molecule has 1 atom stereocenters. The Balaban J connectivity index is 2.09. The van der Waals surface area contributed by atoms with Crippen molar-refractivity contribution in [2.45, 2.75) is 45.4 Å². The number of unbranched alkanes of at least 4 members (excludes halogenated alkanes) is 2. The summed E-state index contributed by atoms with van der Waals surface area (Å²) in [6, 6.07) is 10.0. The Bertz CT molecular complexity index is 758. The molecule has 6 heteroatoms. The van der Waals surface area contributed by atoms with Crippen LogP contribution in [0.5, 0.6) is 0 Å². The average molecular weight is 448 g/mol. The van der Waals surface area contributed by atoms with Gasteiger partial charge in [-0.3, -0.25) is 9.69 Å². The van der Waals surface area contributed by atoms with Crippen LogP contribution >= 0.6 is 27.3 Å². The molecule has 0 saturated carbocycles. The highest BCUT2D eigenvalue weighted by molar-refractivity contribution is 9.10. The van der Waals surface area contributed by atoms with Crippen LogP contribution in [0.3, 0.4) is 0 Å². The molecule has 0 N–H and O–H groups in total. The van der Waals surface area contributed by atoms with Gasteiger partial charge in [0.2, 0.25) is 0 Å². The van der Waals surface area contributed by atoms with Crippen molar-refractivity contribution in [3.8, 4) is 17.3 Å². The van der Waals surface area contributed by atoms with E-state index in [1.807, 2.05) is 29.6 Å². The van der Waals surface area contributed by atoms with Crippen molar-refractivity contribution < 1.29 is 4.79 Å². The van der Waals surface area contributed by atoms with Gasteiger partial charge in [-0.2, -0.15) is 5.26 Å². The normalized spacial score (nSPS) is 12.1. The number of aromatic nitrogens is 1. The molecule has 0 aliphatic carbocycles. The lowest BCUT2D eigenvalue weighted by Crippen LogP contribution is -2.34. The summed E-state index contributed by atoms with van der Waals surface area (Å²) in [4.78, 5) is 19.6. The SMILES string of the molecule is CCCCN(CCCC)CC(=O)[C@H](C#N)c1nc(-c2ccc(Br)cc2)cs1. The summed E-state index contributed by atoms with van der Waals surface area (Å²) >= 11 is 4.81. The highest BCUT2D eigenvalue weighted by Crippen LogP contribution is 2.28. The number of Topliss-reactive ketones (excluding diaryl/α,β-unsaturated/α-hetero) is 1. The van der Waals surface area contributed by atoms with E-state index in [0.717, 1.165) is 54.5 Å². The van der Waals surface area contributed by atoms with E-state index in [4.69, 9.17) is 0 Å². The lowest BCUT2D eigenvalue weighted by atomic mass is 10.1. The van der Waals surface area contributed by atoms with Crippen molar-refractivity contribution in [3.63, 3.8) is 0 Å². The van der Waals surface area contributed by atoms with Crippen LogP contribution in [-0.4, -0.2) is 35.3 Å². The number of hydrogen-bond acceptors (Lipinski definition) is 5. The van der Waals surface area contributed by atoms with Gasteiger partial charge in [0.05, 0.1) is 18.3 Å². The van der Waals surface area contributed by atoms with Crippen molar-refractivity contribution in [1.29, 1.82) is 5.26 Å². The number of nitriles is 1. The second-order valence-corrected chi connectivity index (χ2v) is 8.39. The molecule has 2 aromatic rings. The van der Waals surface area contributed by atoms with Crippen molar-refractivity contribution >= 4 is 33.0 Å². The molecule has 1 heterocycles. The molecule has 0 bridgehead atoms. The maximum absolute atomic E-state index is 12.8. The van der Waals surface area contributed by atoms with Gasteiger partial charge < -0.3 is 0 Å². The predicted octanol–water partition coefficient (Wildman–Crippen LogP) is 5.65. The first-order valence-corrected chi connectivity index (χ1v) is 11.1. The number of hydrogen-bond donors (Lipinski definition) is 0. The van der Waals surface area contributed by atoms with Crippen LogP contribution in [0.1, 0.15) is 50.5 Å². The topological polar surface area (TPSA) is 57.0 Å². The van der Waals surface area contributed by atoms with Gasteiger partial charge in [0.25, 0.3) is 0 Å². The largest absolute Gasteiger partial charge is 0.296 e. The second-order valence-electron chi connectivity index (χ2n) is 6.59. The van der Waals surface area contributed by atoms with Gasteiger partial charge in [-0.25, -0.2) is 4.98 Å². The molecular formula is C21H26BrN3OS. The zero-order valence-corrected chi connectivity index (χ0v) is 18.4. The Morgan fingerprint density at radius 2 is 1.85 bits per heavy atom. The van der Waals surface area contributed by atoms with Crippen molar-refractivity contribution in [2.75, 3.05) is 19.6 Å². The Hall–Kier alpha value is -1.55. The van der Waals surface area contributed by atoms with Gasteiger partial charge in [-0.05, 0) is 38.1 Å². The molecule has 0 unspecified atom stereocenters. The minimum atomic E-state index is -0.787. The van der Waals surface area contributed by atoms with Gasteiger partial charge in [-0.15, -0.1) is 11.3 Å². The third kappa shape index (κ3) is 6.53. The number of halogens is 1. The van der Waals surface area contributed by atoms with Gasteiger partial charge in [-0.1, -0.05) is 54.8 Å². The summed E-state index contributed by atoms with van der Waals surface area (Å²) in [6.07, 6.45) is 4.33. The summed E-state index contributed by atoms with van der Waals surface area (Å²) in [7, 11) is 0. The van der Waals surface area contributed by atoms with Crippen molar-refractivity contribution in [1.82, 2.24) is 9.88 Å². The molecule has 0 amide bonds. The molecule has 2 rings (SSSR count). The first-order chi connectivity index (χ1) is 13.1. The summed E-state index contributed by atoms with van der Waals surface area (Å²) < 4.78 is 1.01. The molecule has 1 aromatic heterocycles. The first kappa shape index (κ1) is 21.7. The number of carbonyl (C=O) groups excluding carboxylic acids is 1. The molecule has 0 aliphatic rings.